The molecule has 0 aliphatic rings. The van der Waals surface area contributed by atoms with Crippen molar-refractivity contribution < 1.29 is 19.4 Å². The molecule has 2 N–H and O–H groups in total. The molecule has 1 unspecified atom stereocenters. The number of amides is 1. The Hall–Kier alpha value is -2.04. The Bertz CT molecular complexity index is 498. The zero-order valence-corrected chi connectivity index (χ0v) is 12.3. The van der Waals surface area contributed by atoms with Gasteiger partial charge in [-0.3, -0.25) is 9.59 Å². The van der Waals surface area contributed by atoms with E-state index in [9.17, 15) is 14.7 Å². The van der Waals surface area contributed by atoms with Crippen LogP contribution in [0.2, 0.25) is 0 Å². The zero-order valence-electron chi connectivity index (χ0n) is 12.3. The predicted octanol–water partition coefficient (Wildman–Crippen LogP) is 2.77. The summed E-state index contributed by atoms with van der Waals surface area (Å²) in [6.45, 7) is 5.19. The fourth-order valence-electron chi connectivity index (χ4n) is 1.77. The molecule has 0 aliphatic carbocycles. The maximum Gasteiger partial charge on any atom is 0.310 e. The second-order valence-corrected chi connectivity index (χ2v) is 5.33. The number of carboxylic acid groups (broad SMARTS) is 1. The van der Waals surface area contributed by atoms with Crippen molar-refractivity contribution in [3.63, 3.8) is 0 Å². The van der Waals surface area contributed by atoms with Crippen LogP contribution in [0, 0.1) is 11.3 Å². The molecule has 0 spiro atoms. The fourth-order valence-corrected chi connectivity index (χ4v) is 1.77. The molecule has 5 nitrogen and oxygen atoms in total. The van der Waals surface area contributed by atoms with Crippen LogP contribution in [0.4, 0.5) is 5.69 Å². The summed E-state index contributed by atoms with van der Waals surface area (Å²) >= 11 is 0. The van der Waals surface area contributed by atoms with Crippen molar-refractivity contribution in [3.05, 3.63) is 24.3 Å². The van der Waals surface area contributed by atoms with Crippen LogP contribution >= 0.6 is 0 Å². The smallest absolute Gasteiger partial charge is 0.310 e. The minimum Gasteiger partial charge on any atom is -0.497 e. The Morgan fingerprint density at radius 2 is 2.05 bits per heavy atom. The Balaban J connectivity index is 2.78. The van der Waals surface area contributed by atoms with Gasteiger partial charge >= 0.3 is 5.97 Å². The van der Waals surface area contributed by atoms with Crippen molar-refractivity contribution in [2.45, 2.75) is 27.2 Å². The van der Waals surface area contributed by atoms with Crippen LogP contribution in [-0.2, 0) is 9.59 Å². The Kier molecular flexibility index (Phi) is 5.13. The first-order valence-electron chi connectivity index (χ1n) is 6.47. The summed E-state index contributed by atoms with van der Waals surface area (Å²) in [6.07, 6.45) is -0.0722. The van der Waals surface area contributed by atoms with Crippen LogP contribution in [-0.4, -0.2) is 24.1 Å². The molecule has 1 amide bonds. The van der Waals surface area contributed by atoms with Crippen LogP contribution in [0.1, 0.15) is 27.2 Å². The lowest BCUT2D eigenvalue weighted by Crippen LogP contribution is -2.37. The molecule has 0 heterocycles. The largest absolute Gasteiger partial charge is 0.497 e. The van der Waals surface area contributed by atoms with Gasteiger partial charge in [-0.2, -0.15) is 0 Å². The number of aliphatic carboxylic acids is 1. The second kappa shape index (κ2) is 6.41. The van der Waals surface area contributed by atoms with Crippen LogP contribution in [0.15, 0.2) is 24.3 Å². The number of hydrogen-bond acceptors (Lipinski definition) is 3. The van der Waals surface area contributed by atoms with E-state index in [2.05, 4.69) is 5.32 Å². The third kappa shape index (κ3) is 3.73. The number of carbonyl (C=O) groups excluding carboxylic acids is 1. The second-order valence-electron chi connectivity index (χ2n) is 5.33. The summed E-state index contributed by atoms with van der Waals surface area (Å²) in [5.41, 5.74) is -0.492. The molecule has 0 fully saturated rings. The SMILES string of the molecule is COc1cccc(NC(=O)CC(C)(C(=O)O)C(C)C)c1. The molecule has 1 aromatic carbocycles. The first-order valence-corrected chi connectivity index (χ1v) is 6.47. The summed E-state index contributed by atoms with van der Waals surface area (Å²) in [6, 6.07) is 6.94. The Morgan fingerprint density at radius 1 is 1.40 bits per heavy atom. The van der Waals surface area contributed by atoms with Crippen LogP contribution in [0.3, 0.4) is 0 Å². The van der Waals surface area contributed by atoms with E-state index in [0.29, 0.717) is 11.4 Å². The maximum atomic E-state index is 12.0. The molecule has 0 bridgehead atoms. The predicted molar refractivity (Wildman–Crippen MR) is 76.8 cm³/mol. The molecule has 0 aliphatic heterocycles. The summed E-state index contributed by atoms with van der Waals surface area (Å²) in [5.74, 6) is -0.797. The molecule has 5 heteroatoms. The highest BCUT2D eigenvalue weighted by molar-refractivity contribution is 5.94. The molecule has 110 valence electrons. The summed E-state index contributed by atoms with van der Waals surface area (Å²) < 4.78 is 5.07. The Labute approximate surface area is 118 Å². The van der Waals surface area contributed by atoms with Crippen LogP contribution in [0.25, 0.3) is 0 Å². The molecule has 0 radical (unpaired) electrons. The monoisotopic (exact) mass is 279 g/mol. The minimum absolute atomic E-state index is 0.0722. The Morgan fingerprint density at radius 3 is 2.55 bits per heavy atom. The first kappa shape index (κ1) is 16.0. The van der Waals surface area contributed by atoms with Gasteiger partial charge in [-0.1, -0.05) is 19.9 Å². The molecular formula is C15H21NO4. The van der Waals surface area contributed by atoms with Crippen molar-refractivity contribution in [2.75, 3.05) is 12.4 Å². The van der Waals surface area contributed by atoms with E-state index in [0.717, 1.165) is 0 Å². The number of rotatable bonds is 6. The average molecular weight is 279 g/mol. The third-order valence-corrected chi connectivity index (χ3v) is 3.64. The van der Waals surface area contributed by atoms with Gasteiger partial charge in [-0.25, -0.2) is 0 Å². The number of carbonyl (C=O) groups is 2. The molecule has 1 rings (SSSR count). The highest BCUT2D eigenvalue weighted by atomic mass is 16.5. The molecule has 0 aromatic heterocycles. The van der Waals surface area contributed by atoms with Crippen molar-refractivity contribution in [1.82, 2.24) is 0 Å². The molecule has 1 atom stereocenters. The lowest BCUT2D eigenvalue weighted by molar-refractivity contribution is -0.153. The number of nitrogens with one attached hydrogen (secondary N) is 1. The number of methoxy groups -OCH3 is 1. The lowest BCUT2D eigenvalue weighted by atomic mass is 9.76. The van der Waals surface area contributed by atoms with Crippen molar-refractivity contribution in [2.24, 2.45) is 11.3 Å². The third-order valence-electron chi connectivity index (χ3n) is 3.64. The van der Waals surface area contributed by atoms with Gasteiger partial charge in [0.1, 0.15) is 5.75 Å². The molecule has 20 heavy (non-hydrogen) atoms. The standard InChI is InChI=1S/C15H21NO4/c1-10(2)15(3,14(18)19)9-13(17)16-11-6-5-7-12(8-11)20-4/h5-8,10H,9H2,1-4H3,(H,16,17)(H,18,19). The first-order chi connectivity index (χ1) is 9.29. The van der Waals surface area contributed by atoms with E-state index in [1.54, 1.807) is 52.1 Å². The minimum atomic E-state index is -1.08. The van der Waals surface area contributed by atoms with Gasteiger partial charge < -0.3 is 15.2 Å². The van der Waals surface area contributed by atoms with Crippen molar-refractivity contribution in [3.8, 4) is 5.75 Å². The number of anilines is 1. The van der Waals surface area contributed by atoms with Gasteiger partial charge in [0.15, 0.2) is 0 Å². The van der Waals surface area contributed by atoms with E-state index >= 15 is 0 Å². The van der Waals surface area contributed by atoms with Gasteiger partial charge in [0.05, 0.1) is 12.5 Å². The van der Waals surface area contributed by atoms with Gasteiger partial charge in [0.2, 0.25) is 5.91 Å². The summed E-state index contributed by atoms with van der Waals surface area (Å²) in [5, 5.41) is 12.0. The van der Waals surface area contributed by atoms with Crippen molar-refractivity contribution in [1.29, 1.82) is 0 Å². The molecular weight excluding hydrogens is 258 g/mol. The van der Waals surface area contributed by atoms with Gasteiger partial charge in [0.25, 0.3) is 0 Å². The highest BCUT2D eigenvalue weighted by Crippen LogP contribution is 2.32. The average Bonchev–Trinajstić information content (AvgIpc) is 2.38. The van der Waals surface area contributed by atoms with E-state index in [1.807, 2.05) is 0 Å². The lowest BCUT2D eigenvalue weighted by Gasteiger charge is -2.28. The van der Waals surface area contributed by atoms with E-state index in [-0.39, 0.29) is 18.2 Å². The number of hydrogen-bond donors (Lipinski definition) is 2. The topological polar surface area (TPSA) is 75.6 Å². The number of benzene rings is 1. The van der Waals surface area contributed by atoms with Crippen LogP contribution < -0.4 is 10.1 Å². The maximum absolute atomic E-state index is 12.0. The fraction of sp³-hybridized carbons (Fsp3) is 0.467. The van der Waals surface area contributed by atoms with Gasteiger partial charge in [-0.05, 0) is 25.0 Å². The highest BCUT2D eigenvalue weighted by Gasteiger charge is 2.38. The number of carboxylic acids is 1. The van der Waals surface area contributed by atoms with E-state index < -0.39 is 11.4 Å². The van der Waals surface area contributed by atoms with Gasteiger partial charge in [0, 0.05) is 18.2 Å². The molecule has 1 aromatic rings. The van der Waals surface area contributed by atoms with E-state index in [1.165, 1.54) is 0 Å². The summed E-state index contributed by atoms with van der Waals surface area (Å²) in [4.78, 5) is 23.4. The quantitative estimate of drug-likeness (QED) is 0.839. The molecule has 0 saturated carbocycles. The zero-order chi connectivity index (χ0) is 15.3. The van der Waals surface area contributed by atoms with Crippen LogP contribution in [0.5, 0.6) is 5.75 Å². The van der Waals surface area contributed by atoms with E-state index in [4.69, 9.17) is 4.74 Å². The van der Waals surface area contributed by atoms with Crippen molar-refractivity contribution >= 4 is 17.6 Å². The molecule has 0 saturated heterocycles. The number of ether oxygens (including phenoxy) is 1. The van der Waals surface area contributed by atoms with Gasteiger partial charge in [-0.15, -0.1) is 0 Å². The summed E-state index contributed by atoms with van der Waals surface area (Å²) in [7, 11) is 1.54. The normalized spacial score (nSPS) is 13.7.